The number of carboxylic acid groups (broad SMARTS) is 2. The average Bonchev–Trinajstić information content (AvgIpc) is 3.05. The lowest BCUT2D eigenvalue weighted by Crippen LogP contribution is -2.54. The summed E-state index contributed by atoms with van der Waals surface area (Å²) in [5.41, 5.74) is 2.49. The summed E-state index contributed by atoms with van der Waals surface area (Å²) >= 11 is 2.63. The number of amides is 1. The molecule has 2 aliphatic heterocycles. The highest BCUT2D eigenvalue weighted by Gasteiger charge is 2.45. The van der Waals surface area contributed by atoms with Gasteiger partial charge in [-0.15, -0.1) is 16.9 Å². The van der Waals surface area contributed by atoms with Crippen LogP contribution in [0.25, 0.3) is 6.20 Å². The van der Waals surface area contributed by atoms with Gasteiger partial charge in [0.05, 0.1) is 25.1 Å². The van der Waals surface area contributed by atoms with E-state index in [1.54, 1.807) is 0 Å². The largest absolute Gasteiger partial charge is 0.477 e. The fraction of sp³-hybridized carbons (Fsp3) is 0.385. The first-order valence-electron chi connectivity index (χ1n) is 7.46. The van der Waals surface area contributed by atoms with E-state index < -0.39 is 11.9 Å². The van der Waals surface area contributed by atoms with E-state index in [2.05, 4.69) is 25.8 Å². The predicted octanol–water partition coefficient (Wildman–Crippen LogP) is -0.557. The van der Waals surface area contributed by atoms with Crippen LogP contribution in [0, 0.1) is 0 Å². The van der Waals surface area contributed by atoms with Crippen LogP contribution in [0.15, 0.2) is 22.1 Å². The molecule has 144 valence electrons. The molecule has 0 saturated carbocycles. The van der Waals surface area contributed by atoms with E-state index in [0.29, 0.717) is 17.7 Å². The van der Waals surface area contributed by atoms with Crippen LogP contribution in [0.4, 0.5) is 0 Å². The highest BCUT2D eigenvalue weighted by molar-refractivity contribution is 8.00. The number of nitrogens with zero attached hydrogens (tertiary/aromatic N) is 5. The van der Waals surface area contributed by atoms with E-state index in [-0.39, 0.29) is 33.6 Å². The number of carboxylic acids is 2. The number of nitrogens with one attached hydrogen (secondary N) is 1. The minimum Gasteiger partial charge on any atom is -0.477 e. The Kier molecular flexibility index (Phi) is 5.67. The molecule has 1 fully saturated rings. The summed E-state index contributed by atoms with van der Waals surface area (Å²) in [5, 5.41) is 29.7. The van der Waals surface area contributed by atoms with Gasteiger partial charge in [-0.25, -0.2) is 9.59 Å². The van der Waals surface area contributed by atoms with Crippen molar-refractivity contribution in [3.05, 3.63) is 17.0 Å². The zero-order chi connectivity index (χ0) is 19.6. The maximum Gasteiger partial charge on any atom is 0.355 e. The van der Waals surface area contributed by atoms with Gasteiger partial charge in [0.15, 0.2) is 5.70 Å². The summed E-state index contributed by atoms with van der Waals surface area (Å²) in [6.45, 7) is 0. The number of carbonyl (C=O) groups is 3. The van der Waals surface area contributed by atoms with Gasteiger partial charge in [-0.2, -0.15) is 4.68 Å². The van der Waals surface area contributed by atoms with Gasteiger partial charge in [-0.05, 0) is 16.0 Å². The fourth-order valence-corrected chi connectivity index (χ4v) is 4.71. The number of hydrogen-bond acceptors (Lipinski definition) is 10. The van der Waals surface area contributed by atoms with Crippen molar-refractivity contribution in [1.29, 1.82) is 0 Å². The fourth-order valence-electron chi connectivity index (χ4n) is 2.46. The summed E-state index contributed by atoms with van der Waals surface area (Å²) in [7, 11) is 1.26. The lowest BCUT2D eigenvalue weighted by atomic mass is 10.1. The number of β-lactam (4-membered cyclic amide) rings is 1. The first-order valence-corrected chi connectivity index (χ1v) is 9.49. The van der Waals surface area contributed by atoms with E-state index in [9.17, 15) is 19.5 Å². The van der Waals surface area contributed by atoms with Gasteiger partial charge in [0, 0.05) is 11.5 Å². The third-order valence-electron chi connectivity index (χ3n) is 3.67. The van der Waals surface area contributed by atoms with E-state index >= 15 is 0 Å². The van der Waals surface area contributed by atoms with Crippen molar-refractivity contribution in [3.63, 3.8) is 0 Å². The smallest absolute Gasteiger partial charge is 0.355 e. The third-order valence-corrected chi connectivity index (χ3v) is 5.96. The van der Waals surface area contributed by atoms with Crippen LogP contribution in [0.2, 0.25) is 0 Å². The molecule has 0 aromatic carbocycles. The number of hydrogen-bond donors (Lipinski definition) is 3. The molecular formula is C13H14N6O6S2. The Hall–Kier alpha value is -2.58. The van der Waals surface area contributed by atoms with E-state index in [0.717, 1.165) is 22.6 Å². The lowest BCUT2D eigenvalue weighted by molar-refractivity contribution is -0.146. The van der Waals surface area contributed by atoms with Crippen LogP contribution < -0.4 is 5.48 Å². The topological polar surface area (TPSA) is 160 Å². The number of thioether (sulfide) groups is 2. The minimum atomic E-state index is -1.27. The van der Waals surface area contributed by atoms with Gasteiger partial charge in [0.2, 0.25) is 11.1 Å². The molecule has 3 N–H and O–H groups in total. The van der Waals surface area contributed by atoms with Crippen molar-refractivity contribution < 1.29 is 29.4 Å². The molecule has 27 heavy (non-hydrogen) atoms. The Labute approximate surface area is 160 Å². The van der Waals surface area contributed by atoms with Crippen molar-refractivity contribution in [1.82, 2.24) is 30.6 Å². The number of carbonyl (C=O) groups excluding carboxylic acids is 1. The second-order valence-corrected chi connectivity index (χ2v) is 7.45. The average molecular weight is 414 g/mol. The Balaban J connectivity index is 1.79. The van der Waals surface area contributed by atoms with Gasteiger partial charge in [-0.1, -0.05) is 11.8 Å². The van der Waals surface area contributed by atoms with Crippen molar-refractivity contribution >= 4 is 47.6 Å². The molecule has 0 unspecified atom stereocenters. The molecular weight excluding hydrogens is 400 g/mol. The van der Waals surface area contributed by atoms with Crippen molar-refractivity contribution in [2.24, 2.45) is 0 Å². The molecule has 12 nitrogen and oxygen atoms in total. The van der Waals surface area contributed by atoms with Crippen LogP contribution in [0.3, 0.4) is 0 Å². The predicted molar refractivity (Wildman–Crippen MR) is 93.0 cm³/mol. The highest BCUT2D eigenvalue weighted by Crippen LogP contribution is 2.41. The number of aromatic nitrogens is 4. The molecule has 1 aromatic rings. The molecule has 3 rings (SSSR count). The minimum absolute atomic E-state index is 0.00402. The Morgan fingerprint density at radius 2 is 2.26 bits per heavy atom. The van der Waals surface area contributed by atoms with E-state index in [4.69, 9.17) is 5.11 Å². The van der Waals surface area contributed by atoms with Crippen LogP contribution >= 0.6 is 23.5 Å². The second kappa shape index (κ2) is 7.98. The number of rotatable bonds is 8. The van der Waals surface area contributed by atoms with Crippen LogP contribution in [-0.2, 0) is 19.2 Å². The molecule has 2 aliphatic rings. The van der Waals surface area contributed by atoms with E-state index in [1.165, 1.54) is 23.8 Å². The van der Waals surface area contributed by atoms with Gasteiger partial charge in [0.1, 0.15) is 5.70 Å². The first kappa shape index (κ1) is 19.2. The van der Waals surface area contributed by atoms with Gasteiger partial charge in [0.25, 0.3) is 0 Å². The van der Waals surface area contributed by atoms with Gasteiger partial charge >= 0.3 is 11.9 Å². The third kappa shape index (κ3) is 3.91. The molecule has 3 heterocycles. The van der Waals surface area contributed by atoms with Crippen molar-refractivity contribution in [2.75, 3.05) is 18.6 Å². The second-order valence-electron chi connectivity index (χ2n) is 5.34. The lowest BCUT2D eigenvalue weighted by Gasteiger charge is -2.43. The molecule has 1 aromatic heterocycles. The van der Waals surface area contributed by atoms with Crippen LogP contribution in [0.5, 0.6) is 0 Å². The Morgan fingerprint density at radius 3 is 2.89 bits per heavy atom. The molecule has 1 amide bonds. The SMILES string of the molecule is CONC(=Cn1nnnc1SCC1=C(C(=O)O)N2C(=O)C[C@@H]2SC1)C(=O)O. The van der Waals surface area contributed by atoms with Crippen LogP contribution in [0.1, 0.15) is 6.42 Å². The Morgan fingerprint density at radius 1 is 1.48 bits per heavy atom. The first-order chi connectivity index (χ1) is 12.9. The summed E-state index contributed by atoms with van der Waals surface area (Å²) < 4.78 is 1.13. The molecule has 14 heteroatoms. The molecule has 0 bridgehead atoms. The van der Waals surface area contributed by atoms with Gasteiger partial charge in [-0.3, -0.25) is 20.0 Å². The maximum atomic E-state index is 11.7. The van der Waals surface area contributed by atoms with Crippen LogP contribution in [-0.4, -0.2) is 77.2 Å². The van der Waals surface area contributed by atoms with Crippen molar-refractivity contribution in [3.8, 4) is 0 Å². The number of tetrazole rings is 1. The normalized spacial score (nSPS) is 19.6. The molecule has 1 atom stereocenters. The maximum absolute atomic E-state index is 11.7. The monoisotopic (exact) mass is 414 g/mol. The standard InChI is InChI=1S/C13H14N6O6S2/c1-25-15-7(11(21)22)3-18-13(14-16-17-18)27-5-6-4-26-9-2-8(20)19(9)10(6)12(23)24/h3,9,15H,2,4-5H2,1H3,(H,21,22)(H,23,24)/t9-/m0/s1. The molecule has 0 spiro atoms. The Bertz CT molecular complexity index is 852. The zero-order valence-corrected chi connectivity index (χ0v) is 15.5. The summed E-state index contributed by atoms with van der Waals surface area (Å²) in [6.07, 6.45) is 1.47. The summed E-state index contributed by atoms with van der Waals surface area (Å²) in [5.74, 6) is -1.92. The number of fused-ring (bicyclic) bond motifs is 1. The summed E-state index contributed by atoms with van der Waals surface area (Å²) in [4.78, 5) is 40.4. The number of hydroxylamine groups is 1. The quantitative estimate of drug-likeness (QED) is 0.216. The van der Waals surface area contributed by atoms with E-state index in [1.807, 2.05) is 0 Å². The molecule has 0 aliphatic carbocycles. The molecule has 1 saturated heterocycles. The number of aliphatic carboxylic acids is 2. The highest BCUT2D eigenvalue weighted by atomic mass is 32.2. The summed E-state index contributed by atoms with van der Waals surface area (Å²) in [6, 6.07) is 0. The zero-order valence-electron chi connectivity index (χ0n) is 13.9. The van der Waals surface area contributed by atoms with Gasteiger partial charge < -0.3 is 10.2 Å². The molecule has 0 radical (unpaired) electrons. The van der Waals surface area contributed by atoms with Crippen molar-refractivity contribution in [2.45, 2.75) is 17.0 Å².